The van der Waals surface area contributed by atoms with E-state index in [1.165, 1.54) is 6.07 Å². The van der Waals surface area contributed by atoms with Crippen LogP contribution in [0.3, 0.4) is 0 Å². The van der Waals surface area contributed by atoms with Crippen LogP contribution in [0.25, 0.3) is 0 Å². The van der Waals surface area contributed by atoms with Crippen molar-refractivity contribution in [2.45, 2.75) is 46.0 Å². The van der Waals surface area contributed by atoms with Crippen LogP contribution in [0.2, 0.25) is 0 Å². The van der Waals surface area contributed by atoms with Crippen molar-refractivity contribution in [3.63, 3.8) is 0 Å². The number of aliphatic imine (C=N–C) groups is 1. The van der Waals surface area contributed by atoms with Crippen LogP contribution in [0.15, 0.2) is 34.5 Å². The topological polar surface area (TPSA) is 55.7 Å². The van der Waals surface area contributed by atoms with E-state index in [0.717, 1.165) is 12.1 Å². The number of Topliss-reactive ketones (excluding diaryl/α,β-unsaturated/α-hetero) is 1. The molecule has 6 heteroatoms. The molecule has 0 amide bonds. The number of benzene rings is 1. The fraction of sp³-hybridized carbons (Fsp3) is 0.476. The predicted molar refractivity (Wildman–Crippen MR) is 97.4 cm³/mol. The molecule has 3 rings (SSSR count). The van der Waals surface area contributed by atoms with Crippen LogP contribution in [0.4, 0.5) is 8.78 Å². The van der Waals surface area contributed by atoms with Crippen molar-refractivity contribution in [3.8, 4) is 0 Å². The molecule has 1 aliphatic heterocycles. The third-order valence-electron chi connectivity index (χ3n) is 4.98. The number of carbonyl (C=O) groups excluding carboxylic acids is 2. The monoisotopic (exact) mass is 375 g/mol. The van der Waals surface area contributed by atoms with Crippen molar-refractivity contribution in [2.75, 3.05) is 6.61 Å². The van der Waals surface area contributed by atoms with E-state index in [0.29, 0.717) is 36.2 Å². The number of esters is 1. The second-order valence-corrected chi connectivity index (χ2v) is 7.54. The van der Waals surface area contributed by atoms with Gasteiger partial charge in [-0.3, -0.25) is 9.79 Å². The summed E-state index contributed by atoms with van der Waals surface area (Å²) in [5.74, 6) is -3.76. The number of rotatable bonds is 4. The van der Waals surface area contributed by atoms with Crippen molar-refractivity contribution in [1.82, 2.24) is 0 Å². The van der Waals surface area contributed by atoms with E-state index in [1.54, 1.807) is 6.92 Å². The highest BCUT2D eigenvalue weighted by molar-refractivity contribution is 6.11. The summed E-state index contributed by atoms with van der Waals surface area (Å²) >= 11 is 0. The molecule has 1 aromatic carbocycles. The molecule has 1 aliphatic carbocycles. The SMILES string of the molecule is CC1=C(C(=O)OCC(C)C)C(c2ccc(F)c(F)c2)C2C(=O)CCCC2=N1. The van der Waals surface area contributed by atoms with Gasteiger partial charge >= 0.3 is 5.97 Å². The Morgan fingerprint density at radius 3 is 2.63 bits per heavy atom. The number of fused-ring (bicyclic) bond motifs is 1. The molecule has 1 fully saturated rings. The highest BCUT2D eigenvalue weighted by Gasteiger charge is 2.43. The fourth-order valence-corrected chi connectivity index (χ4v) is 3.77. The lowest BCUT2D eigenvalue weighted by Gasteiger charge is -2.35. The maximum absolute atomic E-state index is 13.9. The first kappa shape index (κ1) is 19.4. The molecule has 0 radical (unpaired) electrons. The Balaban J connectivity index is 2.10. The largest absolute Gasteiger partial charge is 0.462 e. The van der Waals surface area contributed by atoms with E-state index in [4.69, 9.17) is 4.74 Å². The Labute approximate surface area is 157 Å². The van der Waals surface area contributed by atoms with Gasteiger partial charge < -0.3 is 4.74 Å². The quantitative estimate of drug-likeness (QED) is 0.736. The Kier molecular flexibility index (Phi) is 5.53. The molecule has 1 saturated carbocycles. The van der Waals surface area contributed by atoms with Gasteiger partial charge in [0, 0.05) is 23.7 Å². The third-order valence-corrected chi connectivity index (χ3v) is 4.98. The molecule has 0 spiro atoms. The maximum atomic E-state index is 13.9. The molecule has 2 atom stereocenters. The van der Waals surface area contributed by atoms with E-state index in [1.807, 2.05) is 13.8 Å². The summed E-state index contributed by atoms with van der Waals surface area (Å²) in [6.07, 6.45) is 1.75. The molecule has 0 bridgehead atoms. The first-order valence-corrected chi connectivity index (χ1v) is 9.22. The van der Waals surface area contributed by atoms with Gasteiger partial charge in [-0.25, -0.2) is 13.6 Å². The standard InChI is InChI=1S/C21H23F2NO3/c1-11(2)10-27-21(26)18-12(3)24-16-5-4-6-17(25)20(16)19(18)13-7-8-14(22)15(23)9-13/h7-9,11,19-20H,4-6,10H2,1-3H3. The van der Waals surface area contributed by atoms with E-state index < -0.39 is 29.4 Å². The normalized spacial score (nSPS) is 22.6. The van der Waals surface area contributed by atoms with Crippen LogP contribution < -0.4 is 0 Å². The number of hydrogen-bond acceptors (Lipinski definition) is 4. The summed E-state index contributed by atoms with van der Waals surface area (Å²) < 4.78 is 32.7. The molecule has 144 valence electrons. The van der Waals surface area contributed by atoms with Gasteiger partial charge in [-0.2, -0.15) is 0 Å². The molecule has 0 N–H and O–H groups in total. The van der Waals surface area contributed by atoms with Gasteiger partial charge in [0.25, 0.3) is 0 Å². The molecule has 2 unspecified atom stereocenters. The van der Waals surface area contributed by atoms with Gasteiger partial charge in [0.2, 0.25) is 0 Å². The Morgan fingerprint density at radius 1 is 1.22 bits per heavy atom. The zero-order chi connectivity index (χ0) is 19.7. The van der Waals surface area contributed by atoms with Gasteiger partial charge in [0.15, 0.2) is 11.6 Å². The van der Waals surface area contributed by atoms with Crippen molar-refractivity contribution in [1.29, 1.82) is 0 Å². The van der Waals surface area contributed by atoms with Gasteiger partial charge in [0.05, 0.1) is 18.1 Å². The zero-order valence-corrected chi connectivity index (χ0v) is 15.7. The lowest BCUT2D eigenvalue weighted by Crippen LogP contribution is -2.39. The predicted octanol–water partition coefficient (Wildman–Crippen LogP) is 4.35. The number of allylic oxidation sites excluding steroid dienone is 1. The second kappa shape index (κ2) is 7.71. The molecular formula is C21H23F2NO3. The van der Waals surface area contributed by atoms with Crippen LogP contribution in [0.1, 0.15) is 51.5 Å². The average molecular weight is 375 g/mol. The maximum Gasteiger partial charge on any atom is 0.336 e. The molecule has 2 aliphatic rings. The highest BCUT2D eigenvalue weighted by atomic mass is 19.2. The smallest absolute Gasteiger partial charge is 0.336 e. The van der Waals surface area contributed by atoms with Gasteiger partial charge in [0.1, 0.15) is 5.78 Å². The summed E-state index contributed by atoms with van der Waals surface area (Å²) in [7, 11) is 0. The molecule has 27 heavy (non-hydrogen) atoms. The summed E-state index contributed by atoms with van der Waals surface area (Å²) in [5.41, 5.74) is 1.82. The average Bonchev–Trinajstić information content (AvgIpc) is 2.61. The summed E-state index contributed by atoms with van der Waals surface area (Å²) in [4.78, 5) is 30.0. The Bertz CT molecular complexity index is 842. The summed E-state index contributed by atoms with van der Waals surface area (Å²) in [6, 6.07) is 3.51. The van der Waals surface area contributed by atoms with Crippen LogP contribution in [-0.4, -0.2) is 24.1 Å². The van der Waals surface area contributed by atoms with Gasteiger partial charge in [-0.1, -0.05) is 19.9 Å². The minimum Gasteiger partial charge on any atom is -0.462 e. The van der Waals surface area contributed by atoms with E-state index in [9.17, 15) is 18.4 Å². The number of carbonyl (C=O) groups is 2. The van der Waals surface area contributed by atoms with Crippen molar-refractivity contribution < 1.29 is 23.1 Å². The van der Waals surface area contributed by atoms with E-state index in [-0.39, 0.29) is 23.9 Å². The number of hydrogen-bond donors (Lipinski definition) is 0. The molecule has 0 saturated heterocycles. The molecule has 1 heterocycles. The minimum atomic E-state index is -1.01. The first-order valence-electron chi connectivity index (χ1n) is 9.22. The second-order valence-electron chi connectivity index (χ2n) is 7.54. The van der Waals surface area contributed by atoms with Crippen molar-refractivity contribution in [3.05, 3.63) is 46.7 Å². The van der Waals surface area contributed by atoms with Crippen LogP contribution >= 0.6 is 0 Å². The summed E-state index contributed by atoms with van der Waals surface area (Å²) in [5, 5.41) is 0. The number of halogens is 2. The Hall–Kier alpha value is -2.37. The lowest BCUT2D eigenvalue weighted by atomic mass is 9.69. The lowest BCUT2D eigenvalue weighted by molar-refractivity contribution is -0.140. The van der Waals surface area contributed by atoms with Crippen LogP contribution in [0.5, 0.6) is 0 Å². The van der Waals surface area contributed by atoms with Gasteiger partial charge in [-0.05, 0) is 43.4 Å². The molecular weight excluding hydrogens is 352 g/mol. The first-order chi connectivity index (χ1) is 12.8. The molecule has 1 aromatic rings. The number of ketones is 1. The van der Waals surface area contributed by atoms with E-state index >= 15 is 0 Å². The third kappa shape index (κ3) is 3.84. The number of nitrogens with zero attached hydrogens (tertiary/aromatic N) is 1. The highest BCUT2D eigenvalue weighted by Crippen LogP contribution is 2.43. The molecule has 4 nitrogen and oxygen atoms in total. The van der Waals surface area contributed by atoms with Crippen LogP contribution in [-0.2, 0) is 14.3 Å². The van der Waals surface area contributed by atoms with Crippen molar-refractivity contribution >= 4 is 17.5 Å². The Morgan fingerprint density at radius 2 is 1.96 bits per heavy atom. The van der Waals surface area contributed by atoms with Crippen LogP contribution in [0, 0.1) is 23.5 Å². The fourth-order valence-electron chi connectivity index (χ4n) is 3.77. The van der Waals surface area contributed by atoms with E-state index in [2.05, 4.69) is 4.99 Å². The summed E-state index contributed by atoms with van der Waals surface area (Å²) in [6.45, 7) is 5.77. The zero-order valence-electron chi connectivity index (χ0n) is 15.7. The minimum absolute atomic E-state index is 0.0311. The van der Waals surface area contributed by atoms with Gasteiger partial charge in [-0.15, -0.1) is 0 Å². The molecule has 0 aromatic heterocycles. The van der Waals surface area contributed by atoms with Crippen molar-refractivity contribution in [2.24, 2.45) is 16.8 Å². The number of ether oxygens (including phenoxy) is 1.